The number of nitrogens with zero attached hydrogens (tertiary/aromatic N) is 1. The Morgan fingerprint density at radius 3 is 2.20 bits per heavy atom. The summed E-state index contributed by atoms with van der Waals surface area (Å²) in [5, 5.41) is 0.444. The van der Waals surface area contributed by atoms with Crippen LogP contribution in [-0.2, 0) is 0 Å². The average molecular weight is 225 g/mol. The van der Waals surface area contributed by atoms with E-state index >= 15 is 0 Å². The van der Waals surface area contributed by atoms with Gasteiger partial charge in [-0.25, -0.2) is 0 Å². The summed E-state index contributed by atoms with van der Waals surface area (Å²) in [5.74, 6) is 1.55. The second kappa shape index (κ2) is 5.56. The molecule has 0 aliphatic heterocycles. The highest BCUT2D eigenvalue weighted by atomic mass is 32.1. The Balaban J connectivity index is 2.60. The van der Waals surface area contributed by atoms with Crippen molar-refractivity contribution in [2.24, 2.45) is 0 Å². The van der Waals surface area contributed by atoms with E-state index in [-0.39, 0.29) is 0 Å². The van der Waals surface area contributed by atoms with Gasteiger partial charge < -0.3 is 14.4 Å². The summed E-state index contributed by atoms with van der Waals surface area (Å²) >= 11 is 5.02. The first-order valence-electron chi connectivity index (χ1n) is 4.75. The van der Waals surface area contributed by atoms with Crippen LogP contribution in [0.15, 0.2) is 24.3 Å². The zero-order chi connectivity index (χ0) is 11.3. The molecule has 0 saturated heterocycles. The van der Waals surface area contributed by atoms with Crippen molar-refractivity contribution in [2.75, 3.05) is 20.7 Å². The maximum atomic E-state index is 5.41. The molecule has 3 nitrogen and oxygen atoms in total. The largest absolute Gasteiger partial charge is 0.494 e. The Kier molecular flexibility index (Phi) is 4.37. The maximum Gasteiger partial charge on any atom is 0.264 e. The highest BCUT2D eigenvalue weighted by Crippen LogP contribution is 2.17. The molecule has 0 amide bonds. The van der Waals surface area contributed by atoms with Crippen LogP contribution in [0.2, 0.25) is 0 Å². The minimum Gasteiger partial charge on any atom is -0.494 e. The first-order valence-corrected chi connectivity index (χ1v) is 5.16. The molecule has 4 heteroatoms. The molecule has 0 heterocycles. The smallest absolute Gasteiger partial charge is 0.264 e. The Labute approximate surface area is 95.6 Å². The fourth-order valence-corrected chi connectivity index (χ4v) is 1.06. The normalized spacial score (nSPS) is 9.53. The van der Waals surface area contributed by atoms with Gasteiger partial charge in [0.2, 0.25) is 0 Å². The molecule has 82 valence electrons. The quantitative estimate of drug-likeness (QED) is 0.736. The van der Waals surface area contributed by atoms with Gasteiger partial charge in [-0.1, -0.05) is 0 Å². The van der Waals surface area contributed by atoms with Crippen molar-refractivity contribution < 1.29 is 9.47 Å². The lowest BCUT2D eigenvalue weighted by Gasteiger charge is -2.14. The zero-order valence-electron chi connectivity index (χ0n) is 9.19. The molecule has 0 aromatic heterocycles. The van der Waals surface area contributed by atoms with Crippen molar-refractivity contribution in [3.63, 3.8) is 0 Å². The highest BCUT2D eigenvalue weighted by Gasteiger charge is 2.02. The summed E-state index contributed by atoms with van der Waals surface area (Å²) in [5.41, 5.74) is 0. The summed E-state index contributed by atoms with van der Waals surface area (Å²) in [7, 11) is 3.69. The molecule has 1 rings (SSSR count). The van der Waals surface area contributed by atoms with E-state index in [2.05, 4.69) is 0 Å². The molecule has 1 aromatic carbocycles. The Morgan fingerprint density at radius 1 is 1.20 bits per heavy atom. The van der Waals surface area contributed by atoms with Gasteiger partial charge in [0.25, 0.3) is 5.17 Å². The van der Waals surface area contributed by atoms with E-state index in [1.807, 2.05) is 45.3 Å². The van der Waals surface area contributed by atoms with Crippen molar-refractivity contribution in [1.29, 1.82) is 0 Å². The molecule has 1 aromatic rings. The molecule has 0 radical (unpaired) electrons. The lowest BCUT2D eigenvalue weighted by atomic mass is 10.3. The Bertz CT molecular complexity index is 322. The van der Waals surface area contributed by atoms with Crippen molar-refractivity contribution in [3.8, 4) is 11.5 Å². The molecule has 0 unspecified atom stereocenters. The number of rotatable bonds is 3. The lowest BCUT2D eigenvalue weighted by Crippen LogP contribution is -2.24. The van der Waals surface area contributed by atoms with Crippen LogP contribution in [0.5, 0.6) is 11.5 Å². The monoisotopic (exact) mass is 225 g/mol. The number of ether oxygens (including phenoxy) is 2. The molecule has 0 aliphatic carbocycles. The van der Waals surface area contributed by atoms with Crippen LogP contribution in [0, 0.1) is 0 Å². The SMILES string of the molecule is CCOc1ccc(OC(=S)N(C)C)cc1. The standard InChI is InChI=1S/C11H15NO2S/c1-4-13-9-5-7-10(8-6-9)14-11(15)12(2)3/h5-8H,4H2,1-3H3. The van der Waals surface area contributed by atoms with E-state index in [9.17, 15) is 0 Å². The van der Waals surface area contributed by atoms with Crippen molar-refractivity contribution in [3.05, 3.63) is 24.3 Å². The summed E-state index contributed by atoms with van der Waals surface area (Å²) in [4.78, 5) is 1.74. The van der Waals surface area contributed by atoms with Crippen molar-refractivity contribution in [2.45, 2.75) is 6.92 Å². The minimum atomic E-state index is 0.444. The zero-order valence-corrected chi connectivity index (χ0v) is 10.0. The highest BCUT2D eigenvalue weighted by molar-refractivity contribution is 7.80. The number of thiocarbonyl (C=S) groups is 1. The first kappa shape index (κ1) is 11.8. The third kappa shape index (κ3) is 3.75. The van der Waals surface area contributed by atoms with Gasteiger partial charge in [0.15, 0.2) is 0 Å². The van der Waals surface area contributed by atoms with Gasteiger partial charge in [0.1, 0.15) is 11.5 Å². The van der Waals surface area contributed by atoms with Crippen LogP contribution < -0.4 is 9.47 Å². The third-order valence-corrected chi connectivity index (χ3v) is 2.15. The van der Waals surface area contributed by atoms with Gasteiger partial charge >= 0.3 is 0 Å². The molecule has 0 fully saturated rings. The molecule has 0 saturated carbocycles. The fraction of sp³-hybridized carbons (Fsp3) is 0.364. The van der Waals surface area contributed by atoms with E-state index in [0.717, 1.165) is 11.5 Å². The average Bonchev–Trinajstić information content (AvgIpc) is 2.21. The van der Waals surface area contributed by atoms with E-state index < -0.39 is 0 Å². The number of hydrogen-bond donors (Lipinski definition) is 0. The molecule has 0 bridgehead atoms. The van der Waals surface area contributed by atoms with Crippen LogP contribution in [0.4, 0.5) is 0 Å². The van der Waals surface area contributed by atoms with Gasteiger partial charge in [0.05, 0.1) is 6.61 Å². The van der Waals surface area contributed by atoms with Gasteiger partial charge in [-0.3, -0.25) is 0 Å². The molecule has 15 heavy (non-hydrogen) atoms. The van der Waals surface area contributed by atoms with Gasteiger partial charge in [-0.15, -0.1) is 0 Å². The van der Waals surface area contributed by atoms with Crippen LogP contribution in [0.25, 0.3) is 0 Å². The molecule has 0 aliphatic rings. The summed E-state index contributed by atoms with van der Waals surface area (Å²) in [6.07, 6.45) is 0. The predicted octanol–water partition coefficient (Wildman–Crippen LogP) is 2.31. The van der Waals surface area contributed by atoms with Crippen LogP contribution in [0.1, 0.15) is 6.92 Å². The summed E-state index contributed by atoms with van der Waals surface area (Å²) < 4.78 is 10.7. The van der Waals surface area contributed by atoms with Crippen LogP contribution >= 0.6 is 12.2 Å². The number of benzene rings is 1. The Hall–Kier alpha value is -1.29. The van der Waals surface area contributed by atoms with Gasteiger partial charge in [-0.2, -0.15) is 0 Å². The third-order valence-electron chi connectivity index (χ3n) is 1.71. The van der Waals surface area contributed by atoms with E-state index in [4.69, 9.17) is 21.7 Å². The molecular weight excluding hydrogens is 210 g/mol. The van der Waals surface area contributed by atoms with Gasteiger partial charge in [0, 0.05) is 14.1 Å². The van der Waals surface area contributed by atoms with Gasteiger partial charge in [-0.05, 0) is 43.4 Å². The fourth-order valence-electron chi connectivity index (χ4n) is 0.963. The molecule has 0 atom stereocenters. The van der Waals surface area contributed by atoms with Crippen LogP contribution in [0.3, 0.4) is 0 Å². The number of hydrogen-bond acceptors (Lipinski definition) is 3. The Morgan fingerprint density at radius 2 is 1.73 bits per heavy atom. The van der Waals surface area contributed by atoms with Crippen LogP contribution in [-0.4, -0.2) is 30.8 Å². The van der Waals surface area contributed by atoms with E-state index in [1.165, 1.54) is 0 Å². The second-order valence-corrected chi connectivity index (χ2v) is 3.52. The summed E-state index contributed by atoms with van der Waals surface area (Å²) in [6, 6.07) is 7.38. The topological polar surface area (TPSA) is 21.7 Å². The van der Waals surface area contributed by atoms with Crippen molar-refractivity contribution in [1.82, 2.24) is 4.90 Å². The van der Waals surface area contributed by atoms with E-state index in [0.29, 0.717) is 11.8 Å². The molecule has 0 spiro atoms. The first-order chi connectivity index (χ1) is 7.13. The second-order valence-electron chi connectivity index (χ2n) is 3.17. The minimum absolute atomic E-state index is 0.444. The maximum absolute atomic E-state index is 5.41. The summed E-state index contributed by atoms with van der Waals surface area (Å²) in [6.45, 7) is 2.61. The predicted molar refractivity (Wildman–Crippen MR) is 64.5 cm³/mol. The molecule has 0 N–H and O–H groups in total. The van der Waals surface area contributed by atoms with Crippen molar-refractivity contribution >= 4 is 17.4 Å². The molecular formula is C11H15NO2S. The van der Waals surface area contributed by atoms with E-state index in [1.54, 1.807) is 4.90 Å². The lowest BCUT2D eigenvalue weighted by molar-refractivity contribution is 0.339.